The van der Waals surface area contributed by atoms with Gasteiger partial charge in [0, 0.05) is 19.7 Å². The molecule has 0 amide bonds. The first kappa shape index (κ1) is 11.6. The Balaban J connectivity index is 1.90. The van der Waals surface area contributed by atoms with Gasteiger partial charge in [0.2, 0.25) is 11.8 Å². The first-order valence-electron chi connectivity index (χ1n) is 5.38. The molecule has 1 aromatic carbocycles. The van der Waals surface area contributed by atoms with Crippen LogP contribution in [0.15, 0.2) is 28.7 Å². The van der Waals surface area contributed by atoms with Crippen LogP contribution >= 0.6 is 0 Å². The van der Waals surface area contributed by atoms with E-state index in [1.807, 2.05) is 24.3 Å². The summed E-state index contributed by atoms with van der Waals surface area (Å²) in [5, 5.41) is 10.9. The highest BCUT2D eigenvalue weighted by Crippen LogP contribution is 2.11. The number of anilines is 1. The molecule has 0 radical (unpaired) electrons. The lowest BCUT2D eigenvalue weighted by molar-refractivity contribution is 0.185. The summed E-state index contributed by atoms with van der Waals surface area (Å²) in [5.41, 5.74) is 2.16. The summed E-state index contributed by atoms with van der Waals surface area (Å²) in [6.45, 7) is 2.93. The fraction of sp³-hybridized carbons (Fsp3) is 0.333. The maximum atomic E-state index is 5.26. The highest BCUT2D eigenvalue weighted by atomic mass is 16.5. The Morgan fingerprint density at radius 2 is 2.00 bits per heavy atom. The summed E-state index contributed by atoms with van der Waals surface area (Å²) in [6.07, 6.45) is 0. The number of hydrogen-bond donors (Lipinski definition) is 1. The second kappa shape index (κ2) is 5.45. The molecule has 0 aliphatic rings. The van der Waals surface area contributed by atoms with E-state index in [0.717, 1.165) is 11.3 Å². The molecule has 17 heavy (non-hydrogen) atoms. The molecule has 1 heterocycles. The van der Waals surface area contributed by atoms with Gasteiger partial charge in [-0.1, -0.05) is 12.1 Å². The number of aromatic nitrogens is 2. The van der Waals surface area contributed by atoms with Crippen molar-refractivity contribution in [3.63, 3.8) is 0 Å². The summed E-state index contributed by atoms with van der Waals surface area (Å²) >= 11 is 0. The van der Waals surface area contributed by atoms with Crippen LogP contribution in [0.3, 0.4) is 0 Å². The Kier molecular flexibility index (Phi) is 3.72. The number of hydrogen-bond acceptors (Lipinski definition) is 5. The van der Waals surface area contributed by atoms with Crippen molar-refractivity contribution in [2.45, 2.75) is 20.1 Å². The Morgan fingerprint density at radius 1 is 1.24 bits per heavy atom. The third-order valence-electron chi connectivity index (χ3n) is 2.28. The molecule has 0 bridgehead atoms. The van der Waals surface area contributed by atoms with E-state index >= 15 is 0 Å². The summed E-state index contributed by atoms with van der Waals surface area (Å²) in [6, 6.07) is 8.03. The zero-order valence-electron chi connectivity index (χ0n) is 9.93. The lowest BCUT2D eigenvalue weighted by atomic mass is 10.2. The minimum atomic E-state index is 0.532. The summed E-state index contributed by atoms with van der Waals surface area (Å²) in [5.74, 6) is 1.17. The number of methoxy groups -OCH3 is 1. The molecule has 1 aromatic heterocycles. The number of nitrogens with one attached hydrogen (secondary N) is 1. The smallest absolute Gasteiger partial charge is 0.235 e. The largest absolute Gasteiger partial charge is 0.424 e. The molecule has 90 valence electrons. The zero-order valence-corrected chi connectivity index (χ0v) is 9.93. The van der Waals surface area contributed by atoms with Crippen LogP contribution in [0.2, 0.25) is 0 Å². The first-order valence-corrected chi connectivity index (χ1v) is 5.38. The van der Waals surface area contributed by atoms with Gasteiger partial charge >= 0.3 is 0 Å². The van der Waals surface area contributed by atoms with Crippen molar-refractivity contribution >= 4 is 5.69 Å². The van der Waals surface area contributed by atoms with Crippen molar-refractivity contribution in [3.05, 3.63) is 41.6 Å². The van der Waals surface area contributed by atoms with Crippen molar-refractivity contribution in [2.75, 3.05) is 12.4 Å². The number of ether oxygens (including phenoxy) is 1. The first-order chi connectivity index (χ1) is 8.28. The second-order valence-corrected chi connectivity index (χ2v) is 3.70. The molecule has 0 fully saturated rings. The van der Waals surface area contributed by atoms with Crippen LogP contribution in [0, 0.1) is 6.92 Å². The molecule has 2 rings (SSSR count). The van der Waals surface area contributed by atoms with E-state index in [2.05, 4.69) is 15.5 Å². The molecule has 0 aliphatic heterocycles. The Morgan fingerprint density at radius 3 is 2.59 bits per heavy atom. The van der Waals surface area contributed by atoms with Gasteiger partial charge in [0.15, 0.2) is 0 Å². The predicted molar refractivity (Wildman–Crippen MR) is 63.5 cm³/mol. The summed E-state index contributed by atoms with van der Waals surface area (Å²) < 4.78 is 10.3. The van der Waals surface area contributed by atoms with Crippen molar-refractivity contribution in [1.82, 2.24) is 10.2 Å². The number of nitrogens with zero attached hydrogens (tertiary/aromatic N) is 2. The van der Waals surface area contributed by atoms with Gasteiger partial charge in [-0.25, -0.2) is 0 Å². The third kappa shape index (κ3) is 3.29. The van der Waals surface area contributed by atoms with Gasteiger partial charge in [-0.3, -0.25) is 0 Å². The molecule has 5 heteroatoms. The van der Waals surface area contributed by atoms with Crippen LogP contribution in [-0.2, 0) is 17.9 Å². The standard InChI is InChI=1S/C12H15N3O2/c1-9-14-15-12(17-9)7-13-11-5-3-10(4-6-11)8-16-2/h3-6,13H,7-8H2,1-2H3. The van der Waals surface area contributed by atoms with Crippen LogP contribution in [0.1, 0.15) is 17.3 Å². The number of benzene rings is 1. The molecule has 5 nitrogen and oxygen atoms in total. The van der Waals surface area contributed by atoms with Crippen LogP contribution < -0.4 is 5.32 Å². The predicted octanol–water partition coefficient (Wildman–Crippen LogP) is 2.14. The fourth-order valence-electron chi connectivity index (χ4n) is 1.47. The summed E-state index contributed by atoms with van der Waals surface area (Å²) in [7, 11) is 1.68. The van der Waals surface area contributed by atoms with E-state index in [9.17, 15) is 0 Å². The Bertz CT molecular complexity index is 465. The van der Waals surface area contributed by atoms with Crippen molar-refractivity contribution in [2.24, 2.45) is 0 Å². The Hall–Kier alpha value is -1.88. The Labute approximate surface area is 99.8 Å². The highest BCUT2D eigenvalue weighted by molar-refractivity contribution is 5.44. The molecule has 0 spiro atoms. The molecular weight excluding hydrogens is 218 g/mol. The molecule has 1 N–H and O–H groups in total. The molecule has 0 saturated heterocycles. The fourth-order valence-corrected chi connectivity index (χ4v) is 1.47. The quantitative estimate of drug-likeness (QED) is 0.857. The van der Waals surface area contributed by atoms with Crippen LogP contribution in [0.5, 0.6) is 0 Å². The van der Waals surface area contributed by atoms with E-state index in [-0.39, 0.29) is 0 Å². The van der Waals surface area contributed by atoms with E-state index in [4.69, 9.17) is 9.15 Å². The van der Waals surface area contributed by atoms with E-state index in [1.54, 1.807) is 14.0 Å². The third-order valence-corrected chi connectivity index (χ3v) is 2.28. The summed E-state index contributed by atoms with van der Waals surface area (Å²) in [4.78, 5) is 0. The van der Waals surface area contributed by atoms with Crippen molar-refractivity contribution in [1.29, 1.82) is 0 Å². The lowest BCUT2D eigenvalue weighted by Gasteiger charge is -2.04. The van der Waals surface area contributed by atoms with Gasteiger partial charge in [-0.2, -0.15) is 0 Å². The van der Waals surface area contributed by atoms with Crippen LogP contribution in [-0.4, -0.2) is 17.3 Å². The minimum absolute atomic E-state index is 0.532. The molecule has 2 aromatic rings. The van der Waals surface area contributed by atoms with Gasteiger partial charge in [-0.15, -0.1) is 10.2 Å². The minimum Gasteiger partial charge on any atom is -0.424 e. The average Bonchev–Trinajstić information content (AvgIpc) is 2.75. The van der Waals surface area contributed by atoms with Gasteiger partial charge in [0.25, 0.3) is 0 Å². The van der Waals surface area contributed by atoms with Gasteiger partial charge < -0.3 is 14.5 Å². The molecule has 0 unspecified atom stereocenters. The van der Waals surface area contributed by atoms with Gasteiger partial charge in [0.1, 0.15) is 0 Å². The van der Waals surface area contributed by atoms with Crippen molar-refractivity contribution < 1.29 is 9.15 Å². The normalized spacial score (nSPS) is 10.5. The maximum absolute atomic E-state index is 5.26. The molecule has 0 saturated carbocycles. The van der Waals surface area contributed by atoms with Gasteiger partial charge in [0.05, 0.1) is 13.2 Å². The highest BCUT2D eigenvalue weighted by Gasteiger charge is 2.01. The molecular formula is C12H15N3O2. The van der Waals surface area contributed by atoms with Gasteiger partial charge in [-0.05, 0) is 17.7 Å². The zero-order chi connectivity index (χ0) is 12.1. The topological polar surface area (TPSA) is 60.2 Å². The maximum Gasteiger partial charge on any atom is 0.235 e. The monoisotopic (exact) mass is 233 g/mol. The lowest BCUT2D eigenvalue weighted by Crippen LogP contribution is -1.99. The van der Waals surface area contributed by atoms with E-state index < -0.39 is 0 Å². The average molecular weight is 233 g/mol. The second-order valence-electron chi connectivity index (χ2n) is 3.70. The van der Waals surface area contributed by atoms with Crippen LogP contribution in [0.25, 0.3) is 0 Å². The number of rotatable bonds is 5. The molecule has 0 atom stereocenters. The SMILES string of the molecule is COCc1ccc(NCc2nnc(C)o2)cc1. The van der Waals surface area contributed by atoms with Crippen molar-refractivity contribution in [3.8, 4) is 0 Å². The van der Waals surface area contributed by atoms with Crippen LogP contribution in [0.4, 0.5) is 5.69 Å². The number of aryl methyl sites for hydroxylation is 1. The molecule has 0 aliphatic carbocycles. The van der Waals surface area contributed by atoms with E-state index in [1.165, 1.54) is 0 Å². The van der Waals surface area contributed by atoms with E-state index in [0.29, 0.717) is 24.9 Å².